The van der Waals surface area contributed by atoms with E-state index in [1.807, 2.05) is 0 Å². The molecule has 1 aliphatic carbocycles. The van der Waals surface area contributed by atoms with Crippen molar-refractivity contribution in [2.24, 2.45) is 0 Å². The van der Waals surface area contributed by atoms with Crippen LogP contribution in [0.1, 0.15) is 25.0 Å². The first kappa shape index (κ1) is 18.1. The summed E-state index contributed by atoms with van der Waals surface area (Å²) in [6.45, 7) is 1.77. The van der Waals surface area contributed by atoms with Crippen molar-refractivity contribution in [2.45, 2.75) is 42.4 Å². The van der Waals surface area contributed by atoms with Crippen LogP contribution in [0.2, 0.25) is 5.02 Å². The summed E-state index contributed by atoms with van der Waals surface area (Å²) in [7, 11) is -1.96. The summed E-state index contributed by atoms with van der Waals surface area (Å²) in [5.74, 6) is 0. The summed E-state index contributed by atoms with van der Waals surface area (Å²) in [5.41, 5.74) is 0.791. The molecule has 6 nitrogen and oxygen atoms in total. The van der Waals surface area contributed by atoms with Crippen LogP contribution in [0.5, 0.6) is 0 Å². The number of aromatic nitrogens is 2. The van der Waals surface area contributed by atoms with E-state index in [1.54, 1.807) is 26.2 Å². The van der Waals surface area contributed by atoms with Gasteiger partial charge in [-0.25, -0.2) is 8.42 Å². The molecule has 0 spiro atoms. The maximum atomic E-state index is 12.9. The fourth-order valence-electron chi connectivity index (χ4n) is 3.12. The van der Waals surface area contributed by atoms with E-state index in [9.17, 15) is 13.2 Å². The van der Waals surface area contributed by atoms with Crippen LogP contribution in [-0.4, -0.2) is 36.7 Å². The highest BCUT2D eigenvalue weighted by Crippen LogP contribution is 2.34. The van der Waals surface area contributed by atoms with Gasteiger partial charge in [0.05, 0.1) is 32.7 Å². The predicted octanol–water partition coefficient (Wildman–Crippen LogP) is 2.54. The molecule has 1 aromatic heterocycles. The van der Waals surface area contributed by atoms with Gasteiger partial charge in [0.25, 0.3) is 5.56 Å². The summed E-state index contributed by atoms with van der Waals surface area (Å²) in [6.07, 6.45) is 1.71. The van der Waals surface area contributed by atoms with E-state index < -0.39 is 15.1 Å². The van der Waals surface area contributed by atoms with Gasteiger partial charge < -0.3 is 4.74 Å². The molecule has 1 saturated carbocycles. The fraction of sp³-hybridized carbons (Fsp3) is 0.412. The smallest absolute Gasteiger partial charge is 0.271 e. The Labute approximate surface area is 151 Å². The molecule has 0 bridgehead atoms. The number of nitrogens with zero attached hydrogens (tertiary/aromatic N) is 2. The third-order valence-corrected chi connectivity index (χ3v) is 7.21. The molecule has 134 valence electrons. The molecule has 0 amide bonds. The minimum Gasteiger partial charge on any atom is -0.381 e. The number of hydrogen-bond donors (Lipinski definition) is 0. The number of methoxy groups -OCH3 is 1. The first-order chi connectivity index (χ1) is 11.8. The van der Waals surface area contributed by atoms with Crippen molar-refractivity contribution in [2.75, 3.05) is 7.11 Å². The number of benzene rings is 1. The Morgan fingerprint density at radius 2 is 2.00 bits per heavy atom. The lowest BCUT2D eigenvalue weighted by Crippen LogP contribution is -2.22. The molecule has 1 aliphatic rings. The fourth-order valence-corrected chi connectivity index (χ4v) is 5.48. The average Bonchev–Trinajstić information content (AvgIpc) is 3.06. The molecule has 1 aromatic carbocycles. The summed E-state index contributed by atoms with van der Waals surface area (Å²) in [5, 5.41) is 3.75. The van der Waals surface area contributed by atoms with Crippen molar-refractivity contribution in [1.29, 1.82) is 0 Å². The summed E-state index contributed by atoms with van der Waals surface area (Å²) < 4.78 is 32.2. The third-order valence-electron chi connectivity index (χ3n) is 4.51. The highest BCUT2D eigenvalue weighted by atomic mass is 35.5. The molecule has 0 unspecified atom stereocenters. The lowest BCUT2D eigenvalue weighted by Gasteiger charge is -2.14. The molecule has 8 heteroatoms. The lowest BCUT2D eigenvalue weighted by molar-refractivity contribution is 0.109. The van der Waals surface area contributed by atoms with E-state index in [4.69, 9.17) is 16.3 Å². The summed E-state index contributed by atoms with van der Waals surface area (Å²) >= 11 is 6.25. The van der Waals surface area contributed by atoms with E-state index in [0.29, 0.717) is 24.2 Å². The lowest BCUT2D eigenvalue weighted by atomic mass is 10.3. The molecule has 2 atom stereocenters. The van der Waals surface area contributed by atoms with Crippen molar-refractivity contribution < 1.29 is 13.2 Å². The van der Waals surface area contributed by atoms with Gasteiger partial charge in [0.1, 0.15) is 0 Å². The van der Waals surface area contributed by atoms with Crippen LogP contribution in [0.4, 0.5) is 0 Å². The van der Waals surface area contributed by atoms with Crippen molar-refractivity contribution in [3.05, 3.63) is 51.4 Å². The maximum Gasteiger partial charge on any atom is 0.271 e. The van der Waals surface area contributed by atoms with E-state index >= 15 is 0 Å². The molecule has 25 heavy (non-hydrogen) atoms. The second-order valence-corrected chi connectivity index (χ2v) is 8.78. The Bertz CT molecular complexity index is 955. The molecule has 1 fully saturated rings. The van der Waals surface area contributed by atoms with Gasteiger partial charge in [-0.2, -0.15) is 9.78 Å². The monoisotopic (exact) mass is 382 g/mol. The number of halogens is 1. The molecule has 0 N–H and O–H groups in total. The highest BCUT2D eigenvalue weighted by molar-refractivity contribution is 7.92. The minimum atomic E-state index is -3.55. The third kappa shape index (κ3) is 3.49. The van der Waals surface area contributed by atoms with Crippen molar-refractivity contribution in [1.82, 2.24) is 9.78 Å². The molecular weight excluding hydrogens is 364 g/mol. The molecule has 0 saturated heterocycles. The minimum absolute atomic E-state index is 0.0344. The molecule has 1 heterocycles. The zero-order valence-electron chi connectivity index (χ0n) is 14.0. The van der Waals surface area contributed by atoms with E-state index in [1.165, 1.54) is 22.9 Å². The van der Waals surface area contributed by atoms with Crippen LogP contribution in [0.15, 0.2) is 40.0 Å². The van der Waals surface area contributed by atoms with Crippen LogP contribution in [0.25, 0.3) is 5.69 Å². The van der Waals surface area contributed by atoms with Crippen LogP contribution < -0.4 is 5.56 Å². The van der Waals surface area contributed by atoms with Crippen LogP contribution in [0.3, 0.4) is 0 Å². The quantitative estimate of drug-likeness (QED) is 0.811. The molecule has 0 aliphatic heterocycles. The Kier molecular flexibility index (Phi) is 4.99. The second kappa shape index (κ2) is 6.90. The zero-order chi connectivity index (χ0) is 18.2. The summed E-state index contributed by atoms with van der Waals surface area (Å²) in [6, 6.07) is 7.49. The largest absolute Gasteiger partial charge is 0.381 e. The van der Waals surface area contributed by atoms with Crippen LogP contribution in [0, 0.1) is 6.92 Å². The van der Waals surface area contributed by atoms with E-state index in [2.05, 4.69) is 5.10 Å². The number of hydrogen-bond acceptors (Lipinski definition) is 5. The molecule has 3 rings (SSSR count). The first-order valence-corrected chi connectivity index (χ1v) is 9.89. The predicted molar refractivity (Wildman–Crippen MR) is 95.2 cm³/mol. The van der Waals surface area contributed by atoms with Crippen molar-refractivity contribution in [3.63, 3.8) is 0 Å². The molecule has 2 aromatic rings. The number of sulfone groups is 1. The SMILES string of the molecule is CO[C@@H]1CC[C@@H](S(=O)(=O)c2ccc(-n3nc(C)ccc3=O)cc2Cl)C1. The standard InChI is InChI=1S/C17H19ClN2O4S/c1-11-3-8-17(21)20(19-11)12-4-7-16(15(18)9-12)25(22,23)14-6-5-13(10-14)24-2/h3-4,7-9,13-14H,5-6,10H2,1-2H3/t13-,14-/m1/s1. The normalized spacial score (nSPS) is 20.8. The topological polar surface area (TPSA) is 78.3 Å². The van der Waals surface area contributed by atoms with E-state index in [0.717, 1.165) is 6.42 Å². The highest BCUT2D eigenvalue weighted by Gasteiger charge is 2.36. The van der Waals surface area contributed by atoms with Gasteiger partial charge in [-0.1, -0.05) is 11.6 Å². The molecular formula is C17H19ClN2O4S. The van der Waals surface area contributed by atoms with Gasteiger partial charge >= 0.3 is 0 Å². The number of aryl methyl sites for hydroxylation is 1. The van der Waals surface area contributed by atoms with Crippen molar-refractivity contribution in [3.8, 4) is 5.69 Å². The second-order valence-electron chi connectivity index (χ2n) is 6.18. The maximum absolute atomic E-state index is 12.9. The zero-order valence-corrected chi connectivity index (χ0v) is 15.5. The number of rotatable bonds is 4. The van der Waals surface area contributed by atoms with Gasteiger partial charge in [-0.15, -0.1) is 0 Å². The first-order valence-electron chi connectivity index (χ1n) is 7.96. The Hall–Kier alpha value is -1.70. The number of ether oxygens (including phenoxy) is 1. The van der Waals surface area contributed by atoms with E-state index in [-0.39, 0.29) is 21.6 Å². The average molecular weight is 383 g/mol. The summed E-state index contributed by atoms with van der Waals surface area (Å²) in [4.78, 5) is 12.1. The van der Waals surface area contributed by atoms with Gasteiger partial charge in [-0.05, 0) is 50.5 Å². The Morgan fingerprint density at radius 3 is 2.64 bits per heavy atom. The van der Waals surface area contributed by atoms with Crippen LogP contribution >= 0.6 is 11.6 Å². The molecule has 0 radical (unpaired) electrons. The van der Waals surface area contributed by atoms with Crippen LogP contribution in [-0.2, 0) is 14.6 Å². The van der Waals surface area contributed by atoms with Gasteiger partial charge in [0, 0.05) is 13.2 Å². The van der Waals surface area contributed by atoms with Gasteiger partial charge in [0.15, 0.2) is 9.84 Å². The van der Waals surface area contributed by atoms with Crippen molar-refractivity contribution >= 4 is 21.4 Å². The Balaban J connectivity index is 1.97. The van der Waals surface area contributed by atoms with Gasteiger partial charge in [0.2, 0.25) is 0 Å². The van der Waals surface area contributed by atoms with Gasteiger partial charge in [-0.3, -0.25) is 4.79 Å². The Morgan fingerprint density at radius 1 is 1.24 bits per heavy atom.